The number of hydrogen-bond acceptors (Lipinski definition) is 2. The Hall–Kier alpha value is 0.630. The summed E-state index contributed by atoms with van der Waals surface area (Å²) in [5, 5.41) is 0. The van der Waals surface area contributed by atoms with Gasteiger partial charge in [0.2, 0.25) is 0 Å². The average molecular weight is 185 g/mol. The Labute approximate surface area is 65.3 Å². The van der Waals surface area contributed by atoms with Crippen molar-refractivity contribution in [3.05, 3.63) is 16.5 Å². The van der Waals surface area contributed by atoms with Gasteiger partial charge in [-0.25, -0.2) is 0 Å². The molecule has 0 fully saturated rings. The van der Waals surface area contributed by atoms with E-state index in [1.54, 1.807) is 0 Å². The van der Waals surface area contributed by atoms with Crippen molar-refractivity contribution in [2.45, 2.75) is 4.21 Å². The highest BCUT2D eigenvalue weighted by Crippen LogP contribution is 2.32. The molecule has 0 N–H and O–H groups in total. The first-order valence-electron chi connectivity index (χ1n) is 1.87. The second kappa shape index (κ2) is 2.97. The van der Waals surface area contributed by atoms with Crippen molar-refractivity contribution in [3.63, 3.8) is 0 Å². The third-order valence-corrected chi connectivity index (χ3v) is 3.21. The number of thiophene rings is 1. The largest absolute Gasteiger partial charge is 0.116 e. The van der Waals surface area contributed by atoms with Gasteiger partial charge < -0.3 is 0 Å². The van der Waals surface area contributed by atoms with Crippen LogP contribution in [0.25, 0.3) is 0 Å². The molecular formula is C4H2Cl2S2. The molecule has 1 rings (SSSR count). The Kier molecular flexibility index (Phi) is 2.50. The van der Waals surface area contributed by atoms with Gasteiger partial charge in [0.05, 0.1) is 8.55 Å². The van der Waals surface area contributed by atoms with Crippen molar-refractivity contribution >= 4 is 44.6 Å². The monoisotopic (exact) mass is 184 g/mol. The zero-order chi connectivity index (χ0) is 5.98. The molecule has 44 valence electrons. The third kappa shape index (κ3) is 1.55. The van der Waals surface area contributed by atoms with E-state index in [9.17, 15) is 0 Å². The van der Waals surface area contributed by atoms with Gasteiger partial charge in [-0.3, -0.25) is 0 Å². The topological polar surface area (TPSA) is 0 Å². The highest BCUT2D eigenvalue weighted by molar-refractivity contribution is 8.22. The van der Waals surface area contributed by atoms with E-state index in [1.165, 1.54) is 22.3 Å². The first-order chi connectivity index (χ1) is 3.83. The number of hydrogen-bond donors (Lipinski definition) is 0. The van der Waals surface area contributed by atoms with E-state index in [1.807, 2.05) is 12.1 Å². The molecule has 1 aromatic rings. The zero-order valence-corrected chi connectivity index (χ0v) is 6.87. The van der Waals surface area contributed by atoms with Crippen LogP contribution in [0.2, 0.25) is 4.34 Å². The van der Waals surface area contributed by atoms with Crippen LogP contribution in [-0.2, 0) is 0 Å². The molecule has 0 unspecified atom stereocenters. The highest BCUT2D eigenvalue weighted by Gasteiger charge is 1.93. The lowest BCUT2D eigenvalue weighted by molar-refractivity contribution is 1.76. The van der Waals surface area contributed by atoms with Gasteiger partial charge in [-0.1, -0.05) is 11.6 Å². The van der Waals surface area contributed by atoms with Crippen LogP contribution in [0.3, 0.4) is 0 Å². The quantitative estimate of drug-likeness (QED) is 0.643. The molecule has 0 radical (unpaired) electrons. The zero-order valence-electron chi connectivity index (χ0n) is 3.73. The van der Waals surface area contributed by atoms with Crippen LogP contribution in [0.4, 0.5) is 0 Å². The Bertz CT molecular complexity index is 172. The van der Waals surface area contributed by atoms with Gasteiger partial charge in [0.1, 0.15) is 0 Å². The molecule has 0 nitrogen and oxygen atoms in total. The molecule has 0 saturated heterocycles. The molecule has 8 heavy (non-hydrogen) atoms. The first kappa shape index (κ1) is 6.75. The van der Waals surface area contributed by atoms with Gasteiger partial charge in [-0.15, -0.1) is 11.3 Å². The fourth-order valence-corrected chi connectivity index (χ4v) is 2.21. The van der Waals surface area contributed by atoms with Crippen molar-refractivity contribution in [2.75, 3.05) is 0 Å². The summed E-state index contributed by atoms with van der Waals surface area (Å²) in [4.78, 5) is 0. The third-order valence-electron chi connectivity index (χ3n) is 0.625. The predicted molar refractivity (Wildman–Crippen MR) is 41.0 cm³/mol. The fraction of sp³-hybridized carbons (Fsp3) is 0. The summed E-state index contributed by atoms with van der Waals surface area (Å²) in [6.45, 7) is 0. The average Bonchev–Trinajstić information content (AvgIpc) is 2.14. The van der Waals surface area contributed by atoms with E-state index in [-0.39, 0.29) is 0 Å². The predicted octanol–water partition coefficient (Wildman–Crippen LogP) is 3.65. The van der Waals surface area contributed by atoms with Crippen molar-refractivity contribution in [2.24, 2.45) is 0 Å². The summed E-state index contributed by atoms with van der Waals surface area (Å²) in [6.07, 6.45) is 0. The van der Waals surface area contributed by atoms with Crippen LogP contribution in [0, 0.1) is 0 Å². The van der Waals surface area contributed by atoms with E-state index >= 15 is 0 Å². The number of halogens is 2. The maximum absolute atomic E-state index is 5.59. The molecule has 0 spiro atoms. The van der Waals surface area contributed by atoms with Crippen molar-refractivity contribution in [1.29, 1.82) is 0 Å². The first-order valence-corrected chi connectivity index (χ1v) is 4.70. The van der Waals surface area contributed by atoms with Gasteiger partial charge in [-0.2, -0.15) is 0 Å². The fourth-order valence-electron chi connectivity index (χ4n) is 0.339. The van der Waals surface area contributed by atoms with Crippen molar-refractivity contribution < 1.29 is 0 Å². The molecule has 0 amide bonds. The summed E-state index contributed by atoms with van der Waals surface area (Å²) in [5.41, 5.74) is 0. The Morgan fingerprint density at radius 3 is 2.50 bits per heavy atom. The highest BCUT2D eigenvalue weighted by atomic mass is 35.7. The summed E-state index contributed by atoms with van der Waals surface area (Å²) in [7, 11) is 6.60. The van der Waals surface area contributed by atoms with E-state index < -0.39 is 0 Å². The lowest BCUT2D eigenvalue weighted by atomic mass is 10.7. The lowest BCUT2D eigenvalue weighted by Crippen LogP contribution is -1.39. The van der Waals surface area contributed by atoms with Gasteiger partial charge >= 0.3 is 0 Å². The smallest absolute Gasteiger partial charge is 0.0940 e. The van der Waals surface area contributed by atoms with Crippen LogP contribution < -0.4 is 0 Å². The Morgan fingerprint density at radius 1 is 1.50 bits per heavy atom. The van der Waals surface area contributed by atoms with E-state index in [0.29, 0.717) is 0 Å². The molecule has 4 heteroatoms. The minimum Gasteiger partial charge on any atom is -0.116 e. The van der Waals surface area contributed by atoms with Gasteiger partial charge in [0, 0.05) is 0 Å². The summed E-state index contributed by atoms with van der Waals surface area (Å²) in [6, 6.07) is 3.72. The van der Waals surface area contributed by atoms with Gasteiger partial charge in [0.15, 0.2) is 0 Å². The summed E-state index contributed by atoms with van der Waals surface area (Å²) < 4.78 is 1.82. The standard InChI is InChI=1S/C4H2Cl2S2/c5-3-1-2-4(7-3)8-6/h1-2H. The van der Waals surface area contributed by atoms with Crippen LogP contribution in [0.5, 0.6) is 0 Å². The molecule has 0 aliphatic carbocycles. The van der Waals surface area contributed by atoms with Gasteiger partial charge in [-0.05, 0) is 33.8 Å². The minimum absolute atomic E-state index is 0.785. The van der Waals surface area contributed by atoms with Crippen LogP contribution in [0.1, 0.15) is 0 Å². The van der Waals surface area contributed by atoms with Crippen molar-refractivity contribution in [3.8, 4) is 0 Å². The molecular weight excluding hydrogens is 183 g/mol. The molecule has 0 saturated carbocycles. The molecule has 0 aliphatic rings. The second-order valence-electron chi connectivity index (χ2n) is 1.14. The number of rotatable bonds is 1. The van der Waals surface area contributed by atoms with E-state index in [2.05, 4.69) is 0 Å². The van der Waals surface area contributed by atoms with Crippen LogP contribution in [-0.4, -0.2) is 0 Å². The normalized spacial score (nSPS) is 9.75. The molecule has 0 atom stereocenters. The van der Waals surface area contributed by atoms with Gasteiger partial charge in [0.25, 0.3) is 0 Å². The molecule has 1 heterocycles. The minimum atomic E-state index is 0.785. The van der Waals surface area contributed by atoms with Crippen LogP contribution >= 0.6 is 44.6 Å². The maximum Gasteiger partial charge on any atom is 0.0940 e. The summed E-state index contributed by atoms with van der Waals surface area (Å²) >= 11 is 7.07. The Morgan fingerprint density at radius 2 is 2.25 bits per heavy atom. The lowest BCUT2D eigenvalue weighted by Gasteiger charge is -1.76. The molecule has 0 aliphatic heterocycles. The molecule has 0 bridgehead atoms. The summed E-state index contributed by atoms with van der Waals surface area (Å²) in [5.74, 6) is 0. The Balaban J connectivity index is 2.84. The van der Waals surface area contributed by atoms with E-state index in [0.717, 1.165) is 8.55 Å². The molecule has 0 aromatic carbocycles. The van der Waals surface area contributed by atoms with E-state index in [4.69, 9.17) is 22.3 Å². The van der Waals surface area contributed by atoms with Crippen molar-refractivity contribution in [1.82, 2.24) is 0 Å². The molecule has 1 aromatic heterocycles. The van der Waals surface area contributed by atoms with Crippen LogP contribution in [0.15, 0.2) is 16.3 Å². The SMILES string of the molecule is ClSc1ccc(Cl)s1. The maximum atomic E-state index is 5.59. The second-order valence-corrected chi connectivity index (χ2v) is 4.17.